The Balaban J connectivity index is 4.03. The summed E-state index contributed by atoms with van der Waals surface area (Å²) in [6.07, 6.45) is 2.11. The van der Waals surface area contributed by atoms with Crippen molar-refractivity contribution in [3.8, 4) is 0 Å². The lowest BCUT2D eigenvalue weighted by Gasteiger charge is -2.30. The highest BCUT2D eigenvalue weighted by molar-refractivity contribution is 9.46. The van der Waals surface area contributed by atoms with Gasteiger partial charge in [-0.3, -0.25) is 0 Å². The van der Waals surface area contributed by atoms with Crippen LogP contribution in [0.3, 0.4) is 0 Å². The maximum absolute atomic E-state index is 5.66. The Morgan fingerprint density at radius 2 is 0.880 bits per heavy atom. The maximum Gasteiger partial charge on any atom is 0.348 e. The van der Waals surface area contributed by atoms with Gasteiger partial charge in [0.2, 0.25) is 0 Å². The zero-order valence-electron chi connectivity index (χ0n) is 16.1. The minimum Gasteiger partial charge on any atom is -0.397 e. The standard InChI is InChI=1S/C12H30O4S7Si2/c1-9-11(24(7,13-3)14-4)17-19-21-23-22-20-18-12(10-2)25(8,15-5)16-6/h11-12H,9-10H2,1-8H3. The molecule has 0 radical (unpaired) electrons. The molecule has 0 amide bonds. The van der Waals surface area contributed by atoms with Gasteiger partial charge in [-0.2, -0.15) is 0 Å². The summed E-state index contributed by atoms with van der Waals surface area (Å²) < 4.78 is 22.6. The van der Waals surface area contributed by atoms with Crippen molar-refractivity contribution in [2.24, 2.45) is 0 Å². The van der Waals surface area contributed by atoms with Crippen molar-refractivity contribution >= 4 is 87.8 Å². The first-order valence-electron chi connectivity index (χ1n) is 7.73. The van der Waals surface area contributed by atoms with Crippen molar-refractivity contribution in [3.63, 3.8) is 0 Å². The Hall–Kier alpha value is 2.72. The van der Waals surface area contributed by atoms with E-state index in [4.69, 9.17) is 17.7 Å². The quantitative estimate of drug-likeness (QED) is 0.121. The van der Waals surface area contributed by atoms with Crippen LogP contribution in [0.1, 0.15) is 26.7 Å². The lowest BCUT2D eigenvalue weighted by atomic mass is 10.6. The van der Waals surface area contributed by atoms with E-state index in [1.807, 2.05) is 41.2 Å². The van der Waals surface area contributed by atoms with Crippen LogP contribution in [-0.4, -0.2) is 55.3 Å². The molecule has 0 fully saturated rings. The Morgan fingerprint density at radius 1 is 0.600 bits per heavy atom. The maximum atomic E-state index is 5.66. The molecular weight excluding hydrogens is 489 g/mol. The largest absolute Gasteiger partial charge is 0.397 e. The Bertz CT molecular complexity index is 309. The third kappa shape index (κ3) is 9.85. The average molecular weight is 519 g/mol. The highest BCUT2D eigenvalue weighted by Gasteiger charge is 2.40. The lowest BCUT2D eigenvalue weighted by Crippen LogP contribution is -2.47. The van der Waals surface area contributed by atoms with Gasteiger partial charge in [0.15, 0.2) is 0 Å². The van der Waals surface area contributed by atoms with Gasteiger partial charge in [-0.15, -0.1) is 0 Å². The molecule has 152 valence electrons. The molecule has 0 aliphatic heterocycles. The van der Waals surface area contributed by atoms with E-state index >= 15 is 0 Å². The molecule has 2 unspecified atom stereocenters. The van der Waals surface area contributed by atoms with E-state index in [0.29, 0.717) is 9.75 Å². The van der Waals surface area contributed by atoms with Gasteiger partial charge < -0.3 is 17.7 Å². The van der Waals surface area contributed by atoms with Gasteiger partial charge in [-0.25, -0.2) is 0 Å². The van der Waals surface area contributed by atoms with Crippen molar-refractivity contribution in [3.05, 3.63) is 0 Å². The SMILES string of the molecule is CCC(SSSSSSSC(CC)[Si](C)(OC)OC)[Si](C)(OC)OC. The van der Waals surface area contributed by atoms with Crippen molar-refractivity contribution < 1.29 is 17.7 Å². The molecule has 0 aromatic heterocycles. The van der Waals surface area contributed by atoms with E-state index in [1.54, 1.807) is 57.9 Å². The lowest BCUT2D eigenvalue weighted by molar-refractivity contribution is 0.246. The first-order valence-corrected chi connectivity index (χ1v) is 21.5. The first kappa shape index (κ1) is 27.7. The average Bonchev–Trinajstić information content (AvgIpc) is 2.65. The molecule has 0 N–H and O–H groups in total. The molecule has 0 saturated heterocycles. The highest BCUT2D eigenvalue weighted by Crippen LogP contribution is 2.57. The first-order chi connectivity index (χ1) is 11.9. The van der Waals surface area contributed by atoms with E-state index in [-0.39, 0.29) is 0 Å². The fraction of sp³-hybridized carbons (Fsp3) is 1.00. The second kappa shape index (κ2) is 15.5. The fourth-order valence-corrected chi connectivity index (χ4v) is 26.9. The summed E-state index contributed by atoms with van der Waals surface area (Å²) in [6, 6.07) is 0. The zero-order chi connectivity index (χ0) is 19.3. The molecule has 0 aliphatic carbocycles. The molecule has 0 spiro atoms. The van der Waals surface area contributed by atoms with Crippen LogP contribution in [0.5, 0.6) is 0 Å². The molecule has 2 atom stereocenters. The molecule has 4 nitrogen and oxygen atoms in total. The monoisotopic (exact) mass is 518 g/mol. The molecule has 13 heteroatoms. The molecule has 0 aliphatic rings. The molecule has 0 rings (SSSR count). The molecule has 0 aromatic carbocycles. The van der Waals surface area contributed by atoms with Gasteiger partial charge in [-0.1, -0.05) is 35.4 Å². The summed E-state index contributed by atoms with van der Waals surface area (Å²) in [5.74, 6) is 0. The van der Waals surface area contributed by atoms with Crippen LogP contribution < -0.4 is 0 Å². The minimum atomic E-state index is -2.07. The van der Waals surface area contributed by atoms with Crippen LogP contribution in [0.4, 0.5) is 0 Å². The summed E-state index contributed by atoms with van der Waals surface area (Å²) in [5.41, 5.74) is 0. The van der Waals surface area contributed by atoms with E-state index < -0.39 is 17.1 Å². The van der Waals surface area contributed by atoms with Gasteiger partial charge in [0.1, 0.15) is 0 Å². The van der Waals surface area contributed by atoms with E-state index in [2.05, 4.69) is 26.9 Å². The van der Waals surface area contributed by atoms with Crippen LogP contribution in [0, 0.1) is 0 Å². The summed E-state index contributed by atoms with van der Waals surface area (Å²) >= 11 is 0. The molecule has 0 aromatic rings. The van der Waals surface area contributed by atoms with Gasteiger partial charge in [-0.05, 0) is 75.1 Å². The predicted molar refractivity (Wildman–Crippen MR) is 133 cm³/mol. The molecular formula is C12H30O4S7Si2. The molecule has 0 saturated carbocycles. The van der Waals surface area contributed by atoms with Crippen LogP contribution in [0.25, 0.3) is 0 Å². The van der Waals surface area contributed by atoms with Crippen LogP contribution in [0.15, 0.2) is 0 Å². The van der Waals surface area contributed by atoms with Crippen LogP contribution in [0.2, 0.25) is 13.1 Å². The summed E-state index contributed by atoms with van der Waals surface area (Å²) in [4.78, 5) is 0.847. The second-order valence-corrected chi connectivity index (χ2v) is 24.6. The second-order valence-electron chi connectivity index (χ2n) is 5.17. The summed E-state index contributed by atoms with van der Waals surface area (Å²) in [6.45, 7) is 8.65. The van der Waals surface area contributed by atoms with Gasteiger partial charge >= 0.3 is 17.1 Å². The van der Waals surface area contributed by atoms with E-state index in [1.165, 1.54) is 0 Å². The molecule has 25 heavy (non-hydrogen) atoms. The summed E-state index contributed by atoms with van der Waals surface area (Å²) in [7, 11) is 15.6. The van der Waals surface area contributed by atoms with Crippen molar-refractivity contribution in [1.29, 1.82) is 0 Å². The van der Waals surface area contributed by atoms with Gasteiger partial charge in [0.25, 0.3) is 0 Å². The topological polar surface area (TPSA) is 36.9 Å². The third-order valence-corrected chi connectivity index (χ3v) is 28.1. The minimum absolute atomic E-state index is 0.423. The predicted octanol–water partition coefficient (Wildman–Crippen LogP) is 6.97. The van der Waals surface area contributed by atoms with E-state index in [0.717, 1.165) is 12.8 Å². The third-order valence-electron chi connectivity index (χ3n) is 3.95. The Labute approximate surface area is 182 Å². The molecule has 0 heterocycles. The smallest absolute Gasteiger partial charge is 0.348 e. The Kier molecular flexibility index (Phi) is 17.2. The normalized spacial score (nSPS) is 15.4. The zero-order valence-corrected chi connectivity index (χ0v) is 23.8. The highest BCUT2D eigenvalue weighted by atomic mass is 33.9. The molecule has 0 bridgehead atoms. The van der Waals surface area contributed by atoms with Crippen molar-refractivity contribution in [2.45, 2.75) is 49.5 Å². The van der Waals surface area contributed by atoms with Crippen molar-refractivity contribution in [2.75, 3.05) is 28.4 Å². The van der Waals surface area contributed by atoms with E-state index in [9.17, 15) is 0 Å². The van der Waals surface area contributed by atoms with Crippen LogP contribution in [-0.2, 0) is 17.7 Å². The Morgan fingerprint density at radius 3 is 1.12 bits per heavy atom. The van der Waals surface area contributed by atoms with Crippen LogP contribution >= 0.6 is 70.7 Å². The van der Waals surface area contributed by atoms with Crippen molar-refractivity contribution in [1.82, 2.24) is 0 Å². The number of hydrogen-bond donors (Lipinski definition) is 0. The number of rotatable bonds is 16. The van der Waals surface area contributed by atoms with Gasteiger partial charge in [0.05, 0.1) is 9.75 Å². The number of hydrogen-bond acceptors (Lipinski definition) is 11. The van der Waals surface area contributed by atoms with Gasteiger partial charge in [0, 0.05) is 28.4 Å². The summed E-state index contributed by atoms with van der Waals surface area (Å²) in [5, 5.41) is 0. The fourth-order valence-electron chi connectivity index (χ4n) is 1.91.